The number of amides is 1. The maximum absolute atomic E-state index is 10.7. The van der Waals surface area contributed by atoms with E-state index in [4.69, 9.17) is 9.68 Å². The lowest BCUT2D eigenvalue weighted by Gasteiger charge is -2.05. The van der Waals surface area contributed by atoms with Crippen LogP contribution in [0.25, 0.3) is 0 Å². The Balaban J connectivity index is 2.73. The zero-order valence-electron chi connectivity index (χ0n) is 7.28. The molecule has 0 saturated heterocycles. The molecular formula is C8H10BNO3. The molecule has 0 aliphatic rings. The summed E-state index contributed by atoms with van der Waals surface area (Å²) in [6, 6.07) is 6.81. The van der Waals surface area contributed by atoms with Crippen molar-refractivity contribution >= 4 is 19.3 Å². The van der Waals surface area contributed by atoms with Gasteiger partial charge in [-0.15, -0.1) is 0 Å². The third-order valence-corrected chi connectivity index (χ3v) is 1.39. The van der Waals surface area contributed by atoms with E-state index in [0.717, 1.165) is 0 Å². The number of carbonyl (C=O) groups excluding carboxylic acids is 1. The summed E-state index contributed by atoms with van der Waals surface area (Å²) in [5.74, 6) is 0.384. The van der Waals surface area contributed by atoms with E-state index in [1.54, 1.807) is 24.3 Å². The SMILES string of the molecule is CC(=O)Nc1cccc(OBO)c1. The van der Waals surface area contributed by atoms with Crippen LogP contribution in [-0.4, -0.2) is 18.6 Å². The van der Waals surface area contributed by atoms with Crippen LogP contribution in [0, 0.1) is 0 Å². The van der Waals surface area contributed by atoms with Crippen molar-refractivity contribution in [3.63, 3.8) is 0 Å². The zero-order chi connectivity index (χ0) is 9.68. The Morgan fingerprint density at radius 1 is 1.62 bits per heavy atom. The number of benzene rings is 1. The second-order valence-electron chi connectivity index (χ2n) is 2.48. The predicted molar refractivity (Wildman–Crippen MR) is 50.7 cm³/mol. The normalized spacial score (nSPS) is 9.08. The summed E-state index contributed by atoms with van der Waals surface area (Å²) in [7, 11) is -0.372. The van der Waals surface area contributed by atoms with Gasteiger partial charge in [-0.25, -0.2) is 0 Å². The molecule has 1 aromatic rings. The van der Waals surface area contributed by atoms with Crippen molar-refractivity contribution in [2.75, 3.05) is 5.32 Å². The highest BCUT2D eigenvalue weighted by atomic mass is 16.5. The fourth-order valence-electron chi connectivity index (χ4n) is 0.941. The molecular weight excluding hydrogens is 169 g/mol. The van der Waals surface area contributed by atoms with Gasteiger partial charge in [0.2, 0.25) is 5.91 Å². The summed E-state index contributed by atoms with van der Waals surface area (Å²) in [6.07, 6.45) is 0. The van der Waals surface area contributed by atoms with Gasteiger partial charge in [-0.1, -0.05) is 6.07 Å². The van der Waals surface area contributed by atoms with Gasteiger partial charge in [0.25, 0.3) is 0 Å². The number of hydrogen-bond donors (Lipinski definition) is 2. The molecule has 0 aliphatic carbocycles. The molecule has 0 heterocycles. The van der Waals surface area contributed by atoms with Crippen molar-refractivity contribution in [3.8, 4) is 5.75 Å². The zero-order valence-corrected chi connectivity index (χ0v) is 7.28. The Morgan fingerprint density at radius 2 is 2.38 bits per heavy atom. The van der Waals surface area contributed by atoms with Crippen LogP contribution in [0.3, 0.4) is 0 Å². The minimum Gasteiger partial charge on any atom is -0.539 e. The molecule has 0 aromatic heterocycles. The van der Waals surface area contributed by atoms with Crippen LogP contribution in [-0.2, 0) is 4.79 Å². The minimum absolute atomic E-state index is 0.138. The maximum atomic E-state index is 10.7. The highest BCUT2D eigenvalue weighted by Gasteiger charge is 1.97. The molecule has 0 aliphatic heterocycles. The largest absolute Gasteiger partial charge is 0.539 e. The number of hydrogen-bond acceptors (Lipinski definition) is 3. The minimum atomic E-state index is -0.372. The molecule has 68 valence electrons. The molecule has 0 fully saturated rings. The van der Waals surface area contributed by atoms with Gasteiger partial charge >= 0.3 is 7.69 Å². The first-order chi connectivity index (χ1) is 6.22. The first-order valence-corrected chi connectivity index (χ1v) is 3.83. The molecule has 0 atom stereocenters. The molecule has 1 rings (SSSR count). The third kappa shape index (κ3) is 3.17. The Morgan fingerprint density at radius 3 is 3.00 bits per heavy atom. The monoisotopic (exact) mass is 179 g/mol. The quantitative estimate of drug-likeness (QED) is 0.655. The van der Waals surface area contributed by atoms with Crippen LogP contribution in [0.2, 0.25) is 0 Å². The Hall–Kier alpha value is -1.49. The lowest BCUT2D eigenvalue weighted by molar-refractivity contribution is -0.114. The predicted octanol–water partition coefficient (Wildman–Crippen LogP) is 0.283. The molecule has 1 amide bonds. The fraction of sp³-hybridized carbons (Fsp3) is 0.125. The van der Waals surface area contributed by atoms with Crippen molar-refractivity contribution in [2.24, 2.45) is 0 Å². The summed E-state index contributed by atoms with van der Waals surface area (Å²) in [4.78, 5) is 10.7. The summed E-state index contributed by atoms with van der Waals surface area (Å²) >= 11 is 0. The second kappa shape index (κ2) is 4.52. The van der Waals surface area contributed by atoms with Gasteiger partial charge in [0, 0.05) is 18.7 Å². The van der Waals surface area contributed by atoms with E-state index < -0.39 is 0 Å². The van der Waals surface area contributed by atoms with Crippen LogP contribution in [0.5, 0.6) is 5.75 Å². The number of nitrogens with one attached hydrogen (secondary N) is 1. The van der Waals surface area contributed by atoms with E-state index >= 15 is 0 Å². The van der Waals surface area contributed by atoms with Gasteiger partial charge in [0.15, 0.2) is 0 Å². The Labute approximate surface area is 76.8 Å². The summed E-state index contributed by atoms with van der Waals surface area (Å²) in [5, 5.41) is 11.1. The highest BCUT2D eigenvalue weighted by molar-refractivity contribution is 6.17. The second-order valence-corrected chi connectivity index (χ2v) is 2.48. The maximum Gasteiger partial charge on any atom is 0.504 e. The molecule has 0 unspecified atom stereocenters. The molecule has 5 heteroatoms. The average molecular weight is 179 g/mol. The van der Waals surface area contributed by atoms with E-state index in [0.29, 0.717) is 11.4 Å². The van der Waals surface area contributed by atoms with E-state index in [1.165, 1.54) is 6.92 Å². The molecule has 4 nitrogen and oxygen atoms in total. The van der Waals surface area contributed by atoms with Crippen molar-refractivity contribution in [3.05, 3.63) is 24.3 Å². The van der Waals surface area contributed by atoms with E-state index in [-0.39, 0.29) is 13.6 Å². The van der Waals surface area contributed by atoms with Gasteiger partial charge in [-0.05, 0) is 12.1 Å². The molecule has 13 heavy (non-hydrogen) atoms. The summed E-state index contributed by atoms with van der Waals surface area (Å²) in [5.41, 5.74) is 0.651. The molecule has 1 aromatic carbocycles. The lowest BCUT2D eigenvalue weighted by atomic mass is 10.3. The van der Waals surface area contributed by atoms with Gasteiger partial charge in [0.05, 0.1) is 0 Å². The standard InChI is InChI=1S/C8H10BNO3/c1-6(11)10-7-3-2-4-8(5-7)13-9-12/h2-5,9,12H,1H3,(H,10,11). The van der Waals surface area contributed by atoms with Gasteiger partial charge < -0.3 is 15.0 Å². The summed E-state index contributed by atoms with van der Waals surface area (Å²) in [6.45, 7) is 1.43. The van der Waals surface area contributed by atoms with Crippen molar-refractivity contribution in [2.45, 2.75) is 6.92 Å². The molecule has 0 bridgehead atoms. The highest BCUT2D eigenvalue weighted by Crippen LogP contribution is 2.16. The molecule has 0 spiro atoms. The number of anilines is 1. The van der Waals surface area contributed by atoms with E-state index in [1.807, 2.05) is 0 Å². The first-order valence-electron chi connectivity index (χ1n) is 3.83. The molecule has 2 N–H and O–H groups in total. The number of carbonyl (C=O) groups is 1. The van der Waals surface area contributed by atoms with Crippen molar-refractivity contribution in [1.82, 2.24) is 0 Å². The fourth-order valence-corrected chi connectivity index (χ4v) is 0.941. The average Bonchev–Trinajstić information content (AvgIpc) is 2.04. The van der Waals surface area contributed by atoms with Gasteiger partial charge in [-0.2, -0.15) is 0 Å². The van der Waals surface area contributed by atoms with Crippen LogP contribution in [0.1, 0.15) is 6.92 Å². The van der Waals surface area contributed by atoms with E-state index in [2.05, 4.69) is 5.32 Å². The first kappa shape index (κ1) is 9.60. The Kier molecular flexibility index (Phi) is 3.34. The van der Waals surface area contributed by atoms with Gasteiger partial charge in [0.1, 0.15) is 5.75 Å². The van der Waals surface area contributed by atoms with Crippen molar-refractivity contribution < 1.29 is 14.5 Å². The van der Waals surface area contributed by atoms with E-state index in [9.17, 15) is 4.79 Å². The topological polar surface area (TPSA) is 58.6 Å². The van der Waals surface area contributed by atoms with Crippen LogP contribution < -0.4 is 9.97 Å². The summed E-state index contributed by atoms with van der Waals surface area (Å²) < 4.78 is 4.83. The molecule has 0 saturated carbocycles. The van der Waals surface area contributed by atoms with Crippen LogP contribution in [0.15, 0.2) is 24.3 Å². The lowest BCUT2D eigenvalue weighted by Crippen LogP contribution is -2.06. The smallest absolute Gasteiger partial charge is 0.504 e. The van der Waals surface area contributed by atoms with Crippen LogP contribution >= 0.6 is 0 Å². The van der Waals surface area contributed by atoms with Crippen molar-refractivity contribution in [1.29, 1.82) is 0 Å². The third-order valence-electron chi connectivity index (χ3n) is 1.39. The van der Waals surface area contributed by atoms with Crippen LogP contribution in [0.4, 0.5) is 5.69 Å². The Bertz CT molecular complexity index is 303. The molecule has 0 radical (unpaired) electrons. The number of rotatable bonds is 3. The van der Waals surface area contributed by atoms with Gasteiger partial charge in [-0.3, -0.25) is 4.79 Å².